The summed E-state index contributed by atoms with van der Waals surface area (Å²) in [4.78, 5) is 43.7. The smallest absolute Gasteiger partial charge is 0.296 e. The van der Waals surface area contributed by atoms with Crippen LogP contribution >= 0.6 is 0 Å². The molecule has 0 saturated carbocycles. The van der Waals surface area contributed by atoms with E-state index in [1.165, 1.54) is 19.1 Å². The van der Waals surface area contributed by atoms with Crippen molar-refractivity contribution in [1.82, 2.24) is 4.90 Å². The fourth-order valence-corrected chi connectivity index (χ4v) is 4.78. The van der Waals surface area contributed by atoms with Gasteiger partial charge < -0.3 is 24.4 Å². The van der Waals surface area contributed by atoms with Crippen LogP contribution in [0, 0.1) is 0 Å². The summed E-state index contributed by atoms with van der Waals surface area (Å²) in [6.45, 7) is 2.60. The first-order valence-electron chi connectivity index (χ1n) is 11.3. The molecule has 1 saturated heterocycles. The zero-order valence-corrected chi connectivity index (χ0v) is 19.5. The van der Waals surface area contributed by atoms with Crippen LogP contribution in [0.15, 0.2) is 54.1 Å². The number of Topliss-reactive ketones (excluding diaryl/α,β-unsaturated/α-hetero) is 1. The van der Waals surface area contributed by atoms with E-state index < -0.39 is 28.9 Å². The van der Waals surface area contributed by atoms with Crippen molar-refractivity contribution in [2.24, 2.45) is 0 Å². The van der Waals surface area contributed by atoms with Crippen LogP contribution in [0.4, 0.5) is 5.69 Å². The van der Waals surface area contributed by atoms with Gasteiger partial charge in [-0.15, -0.1) is 0 Å². The van der Waals surface area contributed by atoms with E-state index in [2.05, 4.69) is 0 Å². The van der Waals surface area contributed by atoms with Crippen molar-refractivity contribution < 1.29 is 29.0 Å². The molecule has 2 aromatic carbocycles. The molecule has 0 unspecified atom stereocenters. The molecule has 2 amide bonds. The molecule has 4 rings (SSSR count). The minimum absolute atomic E-state index is 0.0160. The Morgan fingerprint density at radius 3 is 2.35 bits per heavy atom. The molecule has 0 radical (unpaired) electrons. The van der Waals surface area contributed by atoms with Crippen molar-refractivity contribution >= 4 is 29.0 Å². The van der Waals surface area contributed by atoms with Gasteiger partial charge in [0.2, 0.25) is 0 Å². The first-order valence-corrected chi connectivity index (χ1v) is 11.3. The van der Waals surface area contributed by atoms with Crippen LogP contribution in [-0.2, 0) is 24.7 Å². The van der Waals surface area contributed by atoms with Crippen molar-refractivity contribution in [2.75, 3.05) is 38.8 Å². The monoisotopic (exact) mass is 464 g/mol. The Hall–Kier alpha value is -3.65. The molecule has 178 valence electrons. The zero-order valence-electron chi connectivity index (χ0n) is 19.5. The number of benzene rings is 2. The van der Waals surface area contributed by atoms with Crippen LogP contribution in [-0.4, -0.2) is 61.5 Å². The maximum Gasteiger partial charge on any atom is 0.296 e. The number of aliphatic hydroxyl groups excluding tert-OH is 1. The maximum absolute atomic E-state index is 14.2. The number of fused-ring (bicyclic) bond motifs is 2. The lowest BCUT2D eigenvalue weighted by atomic mass is 9.82. The zero-order chi connectivity index (χ0) is 24.5. The summed E-state index contributed by atoms with van der Waals surface area (Å²) < 4.78 is 10.4. The molecule has 2 aliphatic heterocycles. The van der Waals surface area contributed by atoms with Crippen molar-refractivity contribution in [3.63, 3.8) is 0 Å². The molecule has 2 aromatic rings. The highest BCUT2D eigenvalue weighted by atomic mass is 16.5. The normalized spacial score (nSPS) is 21.0. The van der Waals surface area contributed by atoms with Gasteiger partial charge in [-0.3, -0.25) is 14.4 Å². The quantitative estimate of drug-likeness (QED) is 0.366. The van der Waals surface area contributed by atoms with Crippen LogP contribution in [0.2, 0.25) is 0 Å². The van der Waals surface area contributed by atoms with E-state index in [1.807, 2.05) is 19.1 Å². The fraction of sp³-hybridized carbons (Fsp3) is 0.346. The average Bonchev–Trinajstić information content (AvgIpc) is 3.24. The Bertz CT molecular complexity index is 1160. The number of unbranched alkanes of at least 4 members (excludes halogenated alkanes) is 1. The van der Waals surface area contributed by atoms with E-state index in [0.717, 1.165) is 12.8 Å². The SMILES string of the molecule is CCCCN1C(=O)[C@]2(C(=C(O)c3ccc(OC)cc3)C(=O)C(=O)N2CCOC)c2ccccc21. The van der Waals surface area contributed by atoms with E-state index in [0.29, 0.717) is 29.1 Å². The van der Waals surface area contributed by atoms with Gasteiger partial charge in [0.1, 0.15) is 11.5 Å². The number of amides is 2. The van der Waals surface area contributed by atoms with Gasteiger partial charge in [0.05, 0.1) is 25.0 Å². The third kappa shape index (κ3) is 3.37. The summed E-state index contributed by atoms with van der Waals surface area (Å²) >= 11 is 0. The molecule has 8 heteroatoms. The summed E-state index contributed by atoms with van der Waals surface area (Å²) in [7, 11) is 3.01. The predicted molar refractivity (Wildman–Crippen MR) is 127 cm³/mol. The molecule has 2 aliphatic rings. The number of nitrogens with zero attached hydrogens (tertiary/aromatic N) is 2. The number of carbonyl (C=O) groups is 3. The topological polar surface area (TPSA) is 96.4 Å². The molecule has 0 bridgehead atoms. The molecule has 34 heavy (non-hydrogen) atoms. The molecule has 0 aromatic heterocycles. The van der Waals surface area contributed by atoms with Crippen molar-refractivity contribution in [3.8, 4) is 5.75 Å². The molecule has 2 heterocycles. The summed E-state index contributed by atoms with van der Waals surface area (Å²) in [6, 6.07) is 13.6. The van der Waals surface area contributed by atoms with Crippen molar-refractivity contribution in [1.29, 1.82) is 0 Å². The Balaban J connectivity index is 2.00. The highest BCUT2D eigenvalue weighted by molar-refractivity contribution is 6.50. The van der Waals surface area contributed by atoms with Crippen LogP contribution in [0.25, 0.3) is 5.76 Å². The lowest BCUT2D eigenvalue weighted by Gasteiger charge is -2.34. The number of ketones is 1. The predicted octanol–water partition coefficient (Wildman–Crippen LogP) is 3.06. The largest absolute Gasteiger partial charge is 0.507 e. The lowest BCUT2D eigenvalue weighted by molar-refractivity contribution is -0.144. The molecular formula is C26H28N2O6. The molecule has 1 spiro atoms. The number of hydrogen-bond acceptors (Lipinski definition) is 6. The van der Waals surface area contributed by atoms with Gasteiger partial charge >= 0.3 is 0 Å². The van der Waals surface area contributed by atoms with Crippen molar-refractivity contribution in [3.05, 3.63) is 65.2 Å². The maximum atomic E-state index is 14.2. The van der Waals surface area contributed by atoms with Gasteiger partial charge in [0, 0.05) is 31.3 Å². The van der Waals surface area contributed by atoms with Gasteiger partial charge in [-0.1, -0.05) is 31.5 Å². The molecule has 8 nitrogen and oxygen atoms in total. The molecule has 1 atom stereocenters. The number of rotatable bonds is 8. The highest BCUT2D eigenvalue weighted by Crippen LogP contribution is 2.53. The van der Waals surface area contributed by atoms with E-state index in [1.54, 1.807) is 41.3 Å². The lowest BCUT2D eigenvalue weighted by Crippen LogP contribution is -2.52. The minimum atomic E-state index is -1.76. The highest BCUT2D eigenvalue weighted by Gasteiger charge is 2.66. The summed E-state index contributed by atoms with van der Waals surface area (Å²) in [5, 5.41) is 11.4. The van der Waals surface area contributed by atoms with Crippen LogP contribution in [0.5, 0.6) is 5.75 Å². The Kier molecular flexibility index (Phi) is 6.43. The number of ether oxygens (including phenoxy) is 2. The van der Waals surface area contributed by atoms with Crippen LogP contribution < -0.4 is 9.64 Å². The molecule has 0 aliphatic carbocycles. The average molecular weight is 465 g/mol. The van der Waals surface area contributed by atoms with E-state index in [9.17, 15) is 19.5 Å². The third-order valence-corrected chi connectivity index (χ3v) is 6.43. The molecule has 1 N–H and O–H groups in total. The van der Waals surface area contributed by atoms with Crippen molar-refractivity contribution in [2.45, 2.75) is 25.3 Å². The minimum Gasteiger partial charge on any atom is -0.507 e. The first kappa shape index (κ1) is 23.5. The third-order valence-electron chi connectivity index (χ3n) is 6.43. The molecule has 1 fully saturated rings. The summed E-state index contributed by atoms with van der Waals surface area (Å²) in [5.74, 6) is -1.99. The van der Waals surface area contributed by atoms with Crippen LogP contribution in [0.1, 0.15) is 30.9 Å². The number of hydrogen-bond donors (Lipinski definition) is 1. The number of aliphatic hydroxyl groups is 1. The second-order valence-electron chi connectivity index (χ2n) is 8.27. The van der Waals surface area contributed by atoms with E-state index in [-0.39, 0.29) is 18.7 Å². The Morgan fingerprint density at radius 2 is 1.71 bits per heavy atom. The summed E-state index contributed by atoms with van der Waals surface area (Å²) in [6.07, 6.45) is 1.61. The summed E-state index contributed by atoms with van der Waals surface area (Å²) in [5.41, 5.74) is -0.550. The number of carbonyl (C=O) groups excluding carboxylic acids is 3. The number of para-hydroxylation sites is 1. The standard InChI is InChI=1S/C26H28N2O6/c1-4-5-14-27-20-9-7-6-8-19(20)26(25(27)32)21(23(30)24(31)28(26)15-16-33-2)22(29)17-10-12-18(34-3)13-11-17/h6-13,29H,4-5,14-16H2,1-3H3/t26-/m1/s1. The fourth-order valence-electron chi connectivity index (χ4n) is 4.78. The second kappa shape index (κ2) is 9.30. The Labute approximate surface area is 198 Å². The molecular weight excluding hydrogens is 436 g/mol. The van der Waals surface area contributed by atoms with E-state index in [4.69, 9.17) is 9.47 Å². The number of likely N-dealkylation sites (tertiary alicyclic amines) is 1. The van der Waals surface area contributed by atoms with E-state index >= 15 is 0 Å². The van der Waals surface area contributed by atoms with Gasteiger partial charge in [0.25, 0.3) is 17.6 Å². The van der Waals surface area contributed by atoms with Gasteiger partial charge in [-0.25, -0.2) is 0 Å². The van der Waals surface area contributed by atoms with Gasteiger partial charge in [-0.05, 0) is 36.8 Å². The first-order chi connectivity index (χ1) is 16.4. The van der Waals surface area contributed by atoms with Gasteiger partial charge in [0.15, 0.2) is 5.54 Å². The van der Waals surface area contributed by atoms with Crippen LogP contribution in [0.3, 0.4) is 0 Å². The van der Waals surface area contributed by atoms with Gasteiger partial charge in [-0.2, -0.15) is 0 Å². The Morgan fingerprint density at radius 1 is 1.00 bits per heavy atom. The number of anilines is 1. The number of methoxy groups -OCH3 is 2. The second-order valence-corrected chi connectivity index (χ2v) is 8.27.